The summed E-state index contributed by atoms with van der Waals surface area (Å²) in [6.07, 6.45) is 6.16. The minimum atomic E-state index is -0.110. The van der Waals surface area contributed by atoms with E-state index in [2.05, 4.69) is 5.32 Å². The molecule has 1 saturated carbocycles. The third kappa shape index (κ3) is 5.41. The van der Waals surface area contributed by atoms with Gasteiger partial charge >= 0.3 is 0 Å². The number of carbonyl (C=O) groups is 1. The van der Waals surface area contributed by atoms with Gasteiger partial charge in [0.1, 0.15) is 17.6 Å². The number of nitrogens with two attached hydrogens (primary N) is 1. The van der Waals surface area contributed by atoms with Crippen molar-refractivity contribution in [2.45, 2.75) is 51.6 Å². The van der Waals surface area contributed by atoms with Crippen molar-refractivity contribution in [2.24, 2.45) is 11.1 Å². The Kier molecular flexibility index (Phi) is 6.91. The van der Waals surface area contributed by atoms with Crippen LogP contribution in [0.4, 0.5) is 0 Å². The summed E-state index contributed by atoms with van der Waals surface area (Å²) in [6.45, 7) is 3.02. The fourth-order valence-electron chi connectivity index (χ4n) is 3.36. The summed E-state index contributed by atoms with van der Waals surface area (Å²) in [4.78, 5) is 12.3. The van der Waals surface area contributed by atoms with E-state index in [1.807, 2.05) is 31.2 Å². The van der Waals surface area contributed by atoms with Gasteiger partial charge in [-0.15, -0.1) is 0 Å². The second kappa shape index (κ2) is 8.92. The molecule has 0 saturated heterocycles. The summed E-state index contributed by atoms with van der Waals surface area (Å²) < 4.78 is 11.0. The van der Waals surface area contributed by atoms with Crippen molar-refractivity contribution in [1.29, 1.82) is 0 Å². The second-order valence-electron chi connectivity index (χ2n) is 6.85. The lowest BCUT2D eigenvalue weighted by Gasteiger charge is -2.35. The molecule has 1 atom stereocenters. The average molecular weight is 334 g/mol. The van der Waals surface area contributed by atoms with Gasteiger partial charge in [-0.05, 0) is 43.9 Å². The van der Waals surface area contributed by atoms with Crippen molar-refractivity contribution < 1.29 is 14.3 Å². The van der Waals surface area contributed by atoms with Gasteiger partial charge in [0.05, 0.1) is 13.7 Å². The van der Waals surface area contributed by atoms with Gasteiger partial charge in [0, 0.05) is 12.5 Å². The summed E-state index contributed by atoms with van der Waals surface area (Å²) in [6, 6.07) is 7.47. The van der Waals surface area contributed by atoms with Crippen LogP contribution in [0.15, 0.2) is 24.3 Å². The van der Waals surface area contributed by atoms with Gasteiger partial charge in [-0.3, -0.25) is 4.79 Å². The van der Waals surface area contributed by atoms with E-state index in [0.29, 0.717) is 19.5 Å². The Labute approximate surface area is 144 Å². The van der Waals surface area contributed by atoms with Crippen LogP contribution >= 0.6 is 0 Å². The van der Waals surface area contributed by atoms with Crippen molar-refractivity contribution in [1.82, 2.24) is 5.32 Å². The van der Waals surface area contributed by atoms with Crippen LogP contribution in [0.1, 0.15) is 45.4 Å². The molecule has 1 aliphatic rings. The van der Waals surface area contributed by atoms with Crippen molar-refractivity contribution in [3.63, 3.8) is 0 Å². The summed E-state index contributed by atoms with van der Waals surface area (Å²) in [5.41, 5.74) is 5.95. The van der Waals surface area contributed by atoms with Crippen molar-refractivity contribution >= 4 is 5.91 Å². The summed E-state index contributed by atoms with van der Waals surface area (Å²) in [5.74, 6) is 1.57. The molecule has 5 heteroatoms. The molecule has 1 fully saturated rings. The van der Waals surface area contributed by atoms with Gasteiger partial charge in [-0.2, -0.15) is 0 Å². The van der Waals surface area contributed by atoms with Gasteiger partial charge in [0.2, 0.25) is 5.91 Å². The van der Waals surface area contributed by atoms with Crippen molar-refractivity contribution in [2.75, 3.05) is 20.2 Å². The largest absolute Gasteiger partial charge is 0.497 e. The smallest absolute Gasteiger partial charge is 0.220 e. The summed E-state index contributed by atoms with van der Waals surface area (Å²) >= 11 is 0. The highest BCUT2D eigenvalue weighted by atomic mass is 16.5. The predicted octanol–water partition coefficient (Wildman–Crippen LogP) is 2.88. The Hall–Kier alpha value is -1.75. The Balaban J connectivity index is 1.78. The molecule has 0 spiro atoms. The number of amides is 1. The lowest BCUT2D eigenvalue weighted by atomic mass is 9.71. The van der Waals surface area contributed by atoms with E-state index in [1.165, 1.54) is 19.3 Å². The maximum atomic E-state index is 12.3. The molecule has 0 aromatic heterocycles. The van der Waals surface area contributed by atoms with Gasteiger partial charge in [-0.1, -0.05) is 25.3 Å². The van der Waals surface area contributed by atoms with Crippen molar-refractivity contribution in [3.8, 4) is 11.5 Å². The zero-order valence-corrected chi connectivity index (χ0v) is 14.8. The van der Waals surface area contributed by atoms with E-state index in [0.717, 1.165) is 24.3 Å². The summed E-state index contributed by atoms with van der Waals surface area (Å²) in [7, 11) is 1.63. The summed E-state index contributed by atoms with van der Waals surface area (Å²) in [5, 5.41) is 2.99. The molecule has 2 rings (SSSR count). The van der Waals surface area contributed by atoms with E-state index < -0.39 is 0 Å². The van der Waals surface area contributed by atoms with Crippen LogP contribution in [0.25, 0.3) is 0 Å². The monoisotopic (exact) mass is 334 g/mol. The fourth-order valence-corrected chi connectivity index (χ4v) is 3.36. The molecule has 1 aromatic carbocycles. The van der Waals surface area contributed by atoms with Crippen LogP contribution in [-0.2, 0) is 4.79 Å². The normalized spacial score (nSPS) is 17.8. The van der Waals surface area contributed by atoms with E-state index >= 15 is 0 Å². The lowest BCUT2D eigenvalue weighted by Crippen LogP contribution is -2.40. The Morgan fingerprint density at radius 2 is 2.00 bits per heavy atom. The van der Waals surface area contributed by atoms with E-state index in [1.54, 1.807) is 7.11 Å². The first-order chi connectivity index (χ1) is 11.6. The van der Waals surface area contributed by atoms with Crippen LogP contribution in [0, 0.1) is 5.41 Å². The van der Waals surface area contributed by atoms with Crippen LogP contribution in [0.2, 0.25) is 0 Å². The minimum absolute atomic E-state index is 0.000769. The maximum Gasteiger partial charge on any atom is 0.220 e. The number of ether oxygens (including phenoxy) is 2. The maximum absolute atomic E-state index is 12.3. The molecule has 3 N–H and O–H groups in total. The van der Waals surface area contributed by atoms with Crippen LogP contribution in [0.5, 0.6) is 11.5 Å². The number of rotatable bonds is 8. The predicted molar refractivity (Wildman–Crippen MR) is 95.3 cm³/mol. The van der Waals surface area contributed by atoms with Crippen LogP contribution < -0.4 is 20.5 Å². The topological polar surface area (TPSA) is 73.6 Å². The molecule has 24 heavy (non-hydrogen) atoms. The molecule has 0 aliphatic heterocycles. The molecule has 0 radical (unpaired) electrons. The molecular weight excluding hydrogens is 304 g/mol. The molecule has 1 amide bonds. The van der Waals surface area contributed by atoms with E-state index in [4.69, 9.17) is 15.2 Å². The highest BCUT2D eigenvalue weighted by molar-refractivity contribution is 5.76. The third-order valence-electron chi connectivity index (χ3n) is 4.85. The standard InChI is InChI=1S/C19H30N2O3/c1-15(24-17-8-6-7-16(11-17)23-2)13-21-18(22)12-19(14-20)9-4-3-5-10-19/h6-8,11,15H,3-5,9-10,12-14,20H2,1-2H3,(H,21,22). The highest BCUT2D eigenvalue weighted by Crippen LogP contribution is 2.38. The number of methoxy groups -OCH3 is 1. The molecule has 1 aliphatic carbocycles. The molecule has 1 aromatic rings. The third-order valence-corrected chi connectivity index (χ3v) is 4.85. The highest BCUT2D eigenvalue weighted by Gasteiger charge is 2.32. The molecule has 0 bridgehead atoms. The van der Waals surface area contributed by atoms with Crippen LogP contribution in [0.3, 0.4) is 0 Å². The Morgan fingerprint density at radius 1 is 1.29 bits per heavy atom. The van der Waals surface area contributed by atoms with Gasteiger partial charge < -0.3 is 20.5 Å². The first-order valence-corrected chi connectivity index (χ1v) is 8.84. The Morgan fingerprint density at radius 3 is 2.67 bits per heavy atom. The average Bonchev–Trinajstić information content (AvgIpc) is 2.61. The Bertz CT molecular complexity index is 527. The van der Waals surface area contributed by atoms with Gasteiger partial charge in [0.15, 0.2) is 0 Å². The number of carbonyl (C=O) groups excluding carboxylic acids is 1. The lowest BCUT2D eigenvalue weighted by molar-refractivity contribution is -0.124. The molecule has 1 unspecified atom stereocenters. The number of hydrogen-bond donors (Lipinski definition) is 2. The zero-order chi connectivity index (χ0) is 17.4. The number of hydrogen-bond acceptors (Lipinski definition) is 4. The first kappa shape index (κ1) is 18.6. The molecule has 134 valence electrons. The fraction of sp³-hybridized carbons (Fsp3) is 0.632. The molecule has 5 nitrogen and oxygen atoms in total. The van der Waals surface area contributed by atoms with Gasteiger partial charge in [-0.25, -0.2) is 0 Å². The van der Waals surface area contributed by atoms with Crippen LogP contribution in [-0.4, -0.2) is 32.2 Å². The molecular formula is C19H30N2O3. The molecule has 0 heterocycles. The van der Waals surface area contributed by atoms with Crippen molar-refractivity contribution in [3.05, 3.63) is 24.3 Å². The number of benzene rings is 1. The van der Waals surface area contributed by atoms with E-state index in [9.17, 15) is 4.79 Å². The SMILES string of the molecule is COc1cccc(OC(C)CNC(=O)CC2(CN)CCCCC2)c1. The quantitative estimate of drug-likeness (QED) is 0.767. The first-order valence-electron chi connectivity index (χ1n) is 8.84. The van der Waals surface area contributed by atoms with Gasteiger partial charge in [0.25, 0.3) is 0 Å². The zero-order valence-electron chi connectivity index (χ0n) is 14.8. The minimum Gasteiger partial charge on any atom is -0.497 e. The second-order valence-corrected chi connectivity index (χ2v) is 6.85. The van der Waals surface area contributed by atoms with E-state index in [-0.39, 0.29) is 17.4 Å². The number of nitrogens with one attached hydrogen (secondary N) is 1.